The second kappa shape index (κ2) is 7.47. The van der Waals surface area contributed by atoms with Crippen LogP contribution in [0.1, 0.15) is 17.0 Å². The summed E-state index contributed by atoms with van der Waals surface area (Å²) in [5.74, 6) is -1.60. The van der Waals surface area contributed by atoms with Gasteiger partial charge in [0.2, 0.25) is 0 Å². The molecule has 0 heterocycles. The SMILES string of the molecule is O=C(NO)C(c1ccccc1)c1ccc(-c2ccc(Cl)cc2F)cc1. The van der Waals surface area contributed by atoms with E-state index < -0.39 is 17.6 Å². The molecule has 0 saturated carbocycles. The molecule has 1 atom stereocenters. The van der Waals surface area contributed by atoms with Crippen molar-refractivity contribution in [3.8, 4) is 11.1 Å². The summed E-state index contributed by atoms with van der Waals surface area (Å²) >= 11 is 5.78. The Balaban J connectivity index is 1.98. The Hall–Kier alpha value is -2.69. The van der Waals surface area contributed by atoms with Crippen LogP contribution in [0.2, 0.25) is 5.02 Å². The van der Waals surface area contributed by atoms with Gasteiger partial charge in [-0.15, -0.1) is 0 Å². The molecular formula is C20H15ClFNO2. The zero-order valence-corrected chi connectivity index (χ0v) is 13.9. The Morgan fingerprint density at radius 2 is 1.60 bits per heavy atom. The average Bonchev–Trinajstić information content (AvgIpc) is 2.63. The number of carbonyl (C=O) groups excluding carboxylic acids is 1. The molecule has 2 N–H and O–H groups in total. The standard InChI is InChI=1S/C20H15ClFNO2/c21-16-10-11-17(18(22)12-16)13-6-8-15(9-7-13)19(20(24)23-25)14-4-2-1-3-5-14/h1-12,19,25H,(H,23,24). The topological polar surface area (TPSA) is 49.3 Å². The van der Waals surface area contributed by atoms with Crippen LogP contribution < -0.4 is 5.48 Å². The molecule has 0 fully saturated rings. The first-order valence-electron chi connectivity index (χ1n) is 7.64. The maximum Gasteiger partial charge on any atom is 0.255 e. The minimum Gasteiger partial charge on any atom is -0.289 e. The molecule has 25 heavy (non-hydrogen) atoms. The van der Waals surface area contributed by atoms with Crippen molar-refractivity contribution in [1.29, 1.82) is 0 Å². The van der Waals surface area contributed by atoms with Crippen LogP contribution in [0.4, 0.5) is 4.39 Å². The lowest BCUT2D eigenvalue weighted by molar-refractivity contribution is -0.129. The number of nitrogens with one attached hydrogen (secondary N) is 1. The van der Waals surface area contributed by atoms with Gasteiger partial charge < -0.3 is 0 Å². The first-order valence-corrected chi connectivity index (χ1v) is 8.02. The van der Waals surface area contributed by atoms with Gasteiger partial charge in [-0.05, 0) is 34.9 Å². The molecule has 0 aliphatic heterocycles. The van der Waals surface area contributed by atoms with Crippen LogP contribution in [0.5, 0.6) is 0 Å². The highest BCUT2D eigenvalue weighted by Gasteiger charge is 2.22. The number of amides is 1. The summed E-state index contributed by atoms with van der Waals surface area (Å²) in [7, 11) is 0. The Morgan fingerprint density at radius 3 is 2.20 bits per heavy atom. The number of halogens is 2. The maximum atomic E-state index is 14.1. The summed E-state index contributed by atoms with van der Waals surface area (Å²) in [6.45, 7) is 0. The van der Waals surface area contributed by atoms with Crippen molar-refractivity contribution in [2.45, 2.75) is 5.92 Å². The van der Waals surface area contributed by atoms with Crippen LogP contribution in [-0.2, 0) is 4.79 Å². The third kappa shape index (κ3) is 3.71. The fraction of sp³-hybridized carbons (Fsp3) is 0.0500. The second-order valence-electron chi connectivity index (χ2n) is 5.57. The summed E-state index contributed by atoms with van der Waals surface area (Å²) in [5, 5.41) is 9.40. The Morgan fingerprint density at radius 1 is 0.960 bits per heavy atom. The van der Waals surface area contributed by atoms with E-state index in [4.69, 9.17) is 16.8 Å². The Labute approximate surface area is 149 Å². The maximum absolute atomic E-state index is 14.1. The van der Waals surface area contributed by atoms with Crippen molar-refractivity contribution in [1.82, 2.24) is 5.48 Å². The van der Waals surface area contributed by atoms with Crippen LogP contribution >= 0.6 is 11.6 Å². The number of hydrogen-bond acceptors (Lipinski definition) is 2. The minimum atomic E-state index is -0.657. The van der Waals surface area contributed by atoms with Crippen molar-refractivity contribution < 1.29 is 14.4 Å². The van der Waals surface area contributed by atoms with E-state index >= 15 is 0 Å². The molecule has 0 radical (unpaired) electrons. The van der Waals surface area contributed by atoms with Crippen molar-refractivity contribution in [3.05, 3.63) is 94.8 Å². The predicted molar refractivity (Wildman–Crippen MR) is 95.1 cm³/mol. The molecule has 0 aromatic heterocycles. The molecule has 3 nitrogen and oxygen atoms in total. The number of benzene rings is 3. The van der Waals surface area contributed by atoms with Gasteiger partial charge in [-0.1, -0.05) is 66.2 Å². The number of hydroxylamine groups is 1. The lowest BCUT2D eigenvalue weighted by Gasteiger charge is -2.16. The summed E-state index contributed by atoms with van der Waals surface area (Å²) in [6.07, 6.45) is 0. The van der Waals surface area contributed by atoms with Crippen LogP contribution in [0.25, 0.3) is 11.1 Å². The van der Waals surface area contributed by atoms with Gasteiger partial charge in [0.1, 0.15) is 5.82 Å². The van der Waals surface area contributed by atoms with Crippen LogP contribution in [0.15, 0.2) is 72.8 Å². The normalized spacial score (nSPS) is 11.8. The second-order valence-corrected chi connectivity index (χ2v) is 6.00. The largest absolute Gasteiger partial charge is 0.289 e. The van der Waals surface area contributed by atoms with E-state index in [1.807, 2.05) is 30.3 Å². The molecule has 0 spiro atoms. The number of carbonyl (C=O) groups is 1. The predicted octanol–water partition coefficient (Wildman–Crippen LogP) is 4.78. The first kappa shape index (κ1) is 17.1. The third-order valence-corrected chi connectivity index (χ3v) is 4.23. The Kier molecular flexibility index (Phi) is 5.12. The number of hydrogen-bond donors (Lipinski definition) is 2. The van der Waals surface area contributed by atoms with Crippen LogP contribution in [0.3, 0.4) is 0 Å². The van der Waals surface area contributed by atoms with Gasteiger partial charge in [0.05, 0.1) is 5.92 Å². The smallest absolute Gasteiger partial charge is 0.255 e. The summed E-state index contributed by atoms with van der Waals surface area (Å²) in [4.78, 5) is 12.1. The van der Waals surface area contributed by atoms with E-state index in [1.165, 1.54) is 6.07 Å². The molecule has 0 aliphatic carbocycles. The van der Waals surface area contributed by atoms with Crippen molar-refractivity contribution >= 4 is 17.5 Å². The van der Waals surface area contributed by atoms with Crippen LogP contribution in [0, 0.1) is 5.82 Å². The fourth-order valence-electron chi connectivity index (χ4n) is 2.78. The van der Waals surface area contributed by atoms with Crippen molar-refractivity contribution in [3.63, 3.8) is 0 Å². The third-order valence-electron chi connectivity index (χ3n) is 3.99. The van der Waals surface area contributed by atoms with E-state index in [0.29, 0.717) is 21.7 Å². The zero-order valence-electron chi connectivity index (χ0n) is 13.1. The van der Waals surface area contributed by atoms with Crippen molar-refractivity contribution in [2.75, 3.05) is 0 Å². The molecule has 0 saturated heterocycles. The molecule has 0 aliphatic rings. The molecule has 3 aromatic carbocycles. The summed E-state index contributed by atoms with van der Waals surface area (Å²) < 4.78 is 14.1. The fourth-order valence-corrected chi connectivity index (χ4v) is 2.94. The van der Waals surface area contributed by atoms with E-state index in [9.17, 15) is 9.18 Å². The average molecular weight is 356 g/mol. The monoisotopic (exact) mass is 355 g/mol. The molecule has 3 rings (SSSR count). The van der Waals surface area contributed by atoms with Gasteiger partial charge in [0.15, 0.2) is 0 Å². The van der Waals surface area contributed by atoms with Gasteiger partial charge >= 0.3 is 0 Å². The Bertz CT molecular complexity index is 882. The highest BCUT2D eigenvalue weighted by molar-refractivity contribution is 6.30. The van der Waals surface area contributed by atoms with E-state index in [2.05, 4.69) is 0 Å². The van der Waals surface area contributed by atoms with Crippen molar-refractivity contribution in [2.24, 2.45) is 0 Å². The highest BCUT2D eigenvalue weighted by Crippen LogP contribution is 2.29. The van der Waals surface area contributed by atoms with E-state index in [0.717, 1.165) is 5.56 Å². The van der Waals surface area contributed by atoms with Gasteiger partial charge in [-0.25, -0.2) is 9.87 Å². The minimum absolute atomic E-state index is 0.335. The van der Waals surface area contributed by atoms with Crippen LogP contribution in [-0.4, -0.2) is 11.1 Å². The molecule has 5 heteroatoms. The molecule has 3 aromatic rings. The first-order chi connectivity index (χ1) is 12.1. The van der Waals surface area contributed by atoms with Gasteiger partial charge in [-0.3, -0.25) is 10.0 Å². The molecule has 0 bridgehead atoms. The van der Waals surface area contributed by atoms with E-state index in [1.54, 1.807) is 41.9 Å². The quantitative estimate of drug-likeness (QED) is 0.522. The van der Waals surface area contributed by atoms with Gasteiger partial charge in [0.25, 0.3) is 5.91 Å². The molecule has 1 amide bonds. The molecule has 126 valence electrons. The lowest BCUT2D eigenvalue weighted by atomic mass is 9.89. The lowest BCUT2D eigenvalue weighted by Crippen LogP contribution is -2.27. The molecule has 1 unspecified atom stereocenters. The zero-order chi connectivity index (χ0) is 17.8. The van der Waals surface area contributed by atoms with Gasteiger partial charge in [0, 0.05) is 10.6 Å². The van der Waals surface area contributed by atoms with E-state index in [-0.39, 0.29) is 0 Å². The summed E-state index contributed by atoms with van der Waals surface area (Å²) in [5.41, 5.74) is 4.25. The molecular weight excluding hydrogens is 341 g/mol. The number of rotatable bonds is 4. The summed E-state index contributed by atoms with van der Waals surface area (Å²) in [6, 6.07) is 20.6. The van der Waals surface area contributed by atoms with Gasteiger partial charge in [-0.2, -0.15) is 0 Å². The highest BCUT2D eigenvalue weighted by atomic mass is 35.5.